The van der Waals surface area contributed by atoms with Crippen molar-refractivity contribution >= 4 is 23.9 Å². The van der Waals surface area contributed by atoms with Gasteiger partial charge < -0.3 is 97.4 Å². The van der Waals surface area contributed by atoms with E-state index >= 15 is 4.79 Å². The van der Waals surface area contributed by atoms with Gasteiger partial charge in [0.05, 0.1) is 77.7 Å². The molecule has 18 atom stereocenters. The second-order valence-corrected chi connectivity index (χ2v) is 28.5. The van der Waals surface area contributed by atoms with Crippen molar-refractivity contribution in [3.05, 3.63) is 298 Å². The molecular formula is C87H93N5O23. The van der Waals surface area contributed by atoms with Gasteiger partial charge in [0.25, 0.3) is 17.4 Å². The van der Waals surface area contributed by atoms with E-state index in [0.717, 1.165) is 33.4 Å². The number of aliphatic hydroxyl groups excluding tert-OH is 2. The minimum Gasteiger partial charge on any atom is -0.460 e. The van der Waals surface area contributed by atoms with E-state index in [9.17, 15) is 40.3 Å². The second-order valence-electron chi connectivity index (χ2n) is 28.5. The third-order valence-electron chi connectivity index (χ3n) is 20.6. The smallest absolute Gasteiger partial charge is 0.407 e. The van der Waals surface area contributed by atoms with E-state index < -0.39 is 159 Å². The van der Waals surface area contributed by atoms with Crippen LogP contribution in [0.4, 0.5) is 4.79 Å². The number of benzene rings is 8. The summed E-state index contributed by atoms with van der Waals surface area (Å²) in [5, 5.41) is 61.6. The highest BCUT2D eigenvalue weighted by Crippen LogP contribution is 2.53. The van der Waals surface area contributed by atoms with Gasteiger partial charge in [-0.25, -0.2) is 14.4 Å². The lowest BCUT2D eigenvalue weighted by Gasteiger charge is -2.61. The maximum Gasteiger partial charge on any atom is 0.407 e. The normalized spacial score (nSPS) is 26.6. The summed E-state index contributed by atoms with van der Waals surface area (Å²) < 4.78 is 98.9. The zero-order chi connectivity index (χ0) is 80.3. The number of nitrogens with zero attached hydrogens (tertiary/aromatic N) is 3. The highest BCUT2D eigenvalue weighted by Gasteiger charge is 2.79. The van der Waals surface area contributed by atoms with Gasteiger partial charge in [0.1, 0.15) is 55.9 Å². The van der Waals surface area contributed by atoms with Crippen LogP contribution >= 0.6 is 0 Å². The SMILES string of the molecule is C=CCOC(=O)[C@@H](NC(=O)OCC1c2ccccc2-c2ccccc21)[C@@H](C)O[C@H]1O[C@H](CO)[C@H](O)[C@H](O[C@H]2O[C@H](COCc3ccccc3)[C@@]3(O)OC(=O)[C@]4(C[C@H](OCc5ccccc5)[C@@H](NC(C)=O)[C@H]([C@H](OCc5ccccc5)[C@@H](COCc5ccccc5)OCc5ccccc5)O4)O[C@@]3(O)[C@H]2OCc2ccccc2)[C@H]1N=[N+]=[N-]. The fraction of sp³-hybridized carbons (Fsp3) is 0.379. The van der Waals surface area contributed by atoms with Crippen LogP contribution in [-0.2, 0) is 125 Å². The molecule has 115 heavy (non-hydrogen) atoms. The molecular weight excluding hydrogens is 1480 g/mol. The average molecular weight is 1580 g/mol. The van der Waals surface area contributed by atoms with Crippen LogP contribution < -0.4 is 10.6 Å². The van der Waals surface area contributed by atoms with Crippen molar-refractivity contribution in [2.75, 3.05) is 33.0 Å². The van der Waals surface area contributed by atoms with Gasteiger partial charge in [-0.1, -0.05) is 248 Å². The number of carbonyl (C=O) groups excluding carboxylic acids is 4. The Balaban J connectivity index is 0.887. The first-order chi connectivity index (χ1) is 56.0. The van der Waals surface area contributed by atoms with Crippen molar-refractivity contribution in [2.24, 2.45) is 5.11 Å². The molecule has 6 N–H and O–H groups in total. The molecule has 0 unspecified atom stereocenters. The number of azide groups is 1. The number of carbonyl (C=O) groups is 4. The largest absolute Gasteiger partial charge is 0.460 e. The van der Waals surface area contributed by atoms with Crippen LogP contribution in [0.15, 0.2) is 248 Å². The van der Waals surface area contributed by atoms with E-state index in [1.807, 2.05) is 146 Å². The lowest BCUT2D eigenvalue weighted by molar-refractivity contribution is -0.538. The fourth-order valence-corrected chi connectivity index (χ4v) is 14.9. The molecule has 4 saturated heterocycles. The van der Waals surface area contributed by atoms with E-state index in [2.05, 4.69) is 27.2 Å². The summed E-state index contributed by atoms with van der Waals surface area (Å²) in [7, 11) is 0. The quantitative estimate of drug-likeness (QED) is 0.00531. The highest BCUT2D eigenvalue weighted by atomic mass is 16.9. The molecule has 8 aromatic carbocycles. The Morgan fingerprint density at radius 1 is 0.652 bits per heavy atom. The first-order valence-electron chi connectivity index (χ1n) is 38.0. The number of fused-ring (bicyclic) bond motifs is 4. The highest BCUT2D eigenvalue weighted by molar-refractivity contribution is 5.83. The molecule has 4 aliphatic heterocycles. The van der Waals surface area contributed by atoms with Gasteiger partial charge in [0.2, 0.25) is 5.91 Å². The first-order valence-corrected chi connectivity index (χ1v) is 38.0. The van der Waals surface area contributed by atoms with Crippen LogP contribution in [0, 0.1) is 0 Å². The Hall–Kier alpha value is -10.1. The van der Waals surface area contributed by atoms with Crippen LogP contribution in [-0.4, -0.2) is 187 Å². The molecule has 1 spiro atoms. The number of ether oxygens (including phenoxy) is 15. The van der Waals surface area contributed by atoms with E-state index in [1.165, 1.54) is 19.9 Å². The first kappa shape index (κ1) is 82.8. The molecule has 604 valence electrons. The number of nitrogens with one attached hydrogen (secondary N) is 2. The van der Waals surface area contributed by atoms with Crippen LogP contribution in [0.3, 0.4) is 0 Å². The molecule has 2 amide bonds. The number of rotatable bonds is 36. The molecule has 1 aliphatic carbocycles. The van der Waals surface area contributed by atoms with Gasteiger partial charge in [0.15, 0.2) is 30.8 Å². The predicted octanol–water partition coefficient (Wildman–Crippen LogP) is 9.61. The lowest BCUT2D eigenvalue weighted by Crippen LogP contribution is -2.84. The minimum atomic E-state index is -3.54. The van der Waals surface area contributed by atoms with Crippen LogP contribution in [0.2, 0.25) is 0 Å². The van der Waals surface area contributed by atoms with Crippen molar-refractivity contribution in [3.63, 3.8) is 0 Å². The Kier molecular flexibility index (Phi) is 28.1. The van der Waals surface area contributed by atoms with Gasteiger partial charge in [-0.15, -0.1) is 0 Å². The van der Waals surface area contributed by atoms with Crippen molar-refractivity contribution < 1.29 is 111 Å². The molecule has 8 aromatic rings. The number of hydrogen-bond donors (Lipinski definition) is 6. The number of aliphatic hydroxyl groups is 4. The van der Waals surface area contributed by atoms with Gasteiger partial charge in [0, 0.05) is 24.2 Å². The van der Waals surface area contributed by atoms with E-state index in [4.69, 9.17) is 71.1 Å². The van der Waals surface area contributed by atoms with Crippen molar-refractivity contribution in [1.29, 1.82) is 0 Å². The summed E-state index contributed by atoms with van der Waals surface area (Å²) in [6.45, 7) is 3.06. The lowest BCUT2D eigenvalue weighted by atomic mass is 9.84. The van der Waals surface area contributed by atoms with Gasteiger partial charge in [-0.2, -0.15) is 0 Å². The molecule has 4 fully saturated rings. The van der Waals surface area contributed by atoms with E-state index in [1.54, 1.807) is 84.9 Å². The molecule has 28 nitrogen and oxygen atoms in total. The maximum atomic E-state index is 16.2. The van der Waals surface area contributed by atoms with Crippen LogP contribution in [0.1, 0.15) is 70.7 Å². The number of alkyl carbamates (subject to hydrolysis) is 1. The summed E-state index contributed by atoms with van der Waals surface area (Å²) in [5.41, 5.74) is 18.3. The third kappa shape index (κ3) is 19.7. The molecule has 0 saturated carbocycles. The standard InChI is InChI=1S/C87H93N5O23/c1-4-43-103-80(96)72(90-84(98)108-52-67-65-41-25-23-39-63(65)64-40-24-26-42-66(64)67)55(2)109-81-74(91-92-88)77(75(95)69(45-93)110-81)112-82-79(107-51-62-37-21-10-22-38-62)87(100)86(99,71(111-82)54-102-47-58-29-13-6-14-30-58)114-83(97)85(115-87)44-68(104-48-59-31-15-7-16-32-59)73(89-56(3)94)78(113-85)76(106-50-61-35-19-9-20-36-61)70(105-49-60-33-17-8-18-34-60)53-101-46-57-27-11-5-12-28-57/h4-42,55,67-79,81-82,93,95,99-100H,1,43-54H2,2-3H3,(H,89,94)(H,90,98)/t55-,68+,69-,70-,71-,72+,73-,74-,75+,76-,77-,78-,79+,81+,82-,85+,86-,87+/m1/s1. The Morgan fingerprint density at radius 3 is 1.72 bits per heavy atom. The Morgan fingerprint density at radius 2 is 1.17 bits per heavy atom. The van der Waals surface area contributed by atoms with E-state index in [-0.39, 0.29) is 58.8 Å². The molecule has 0 radical (unpaired) electrons. The molecule has 0 aromatic heterocycles. The molecule has 28 heteroatoms. The maximum absolute atomic E-state index is 16.2. The summed E-state index contributed by atoms with van der Waals surface area (Å²) in [4.78, 5) is 61.5. The molecule has 13 rings (SSSR count). The number of hydrogen-bond acceptors (Lipinski definition) is 24. The zero-order valence-electron chi connectivity index (χ0n) is 63.3. The summed E-state index contributed by atoms with van der Waals surface area (Å²) >= 11 is 0. The Labute approximate surface area is 664 Å². The van der Waals surface area contributed by atoms with Crippen molar-refractivity contribution in [2.45, 2.75) is 175 Å². The van der Waals surface area contributed by atoms with Crippen molar-refractivity contribution in [1.82, 2.24) is 10.6 Å². The number of amides is 2. The zero-order valence-corrected chi connectivity index (χ0v) is 63.3. The van der Waals surface area contributed by atoms with Crippen LogP contribution in [0.25, 0.3) is 21.6 Å². The molecule has 4 heterocycles. The topological polar surface area (TPSA) is 360 Å². The summed E-state index contributed by atoms with van der Waals surface area (Å²) in [6, 6.07) is 64.7. The third-order valence-corrected chi connectivity index (χ3v) is 20.6. The fourth-order valence-electron chi connectivity index (χ4n) is 14.9. The van der Waals surface area contributed by atoms with Gasteiger partial charge >= 0.3 is 18.0 Å². The summed E-state index contributed by atoms with van der Waals surface area (Å²) in [5.74, 6) is -13.4. The molecule has 0 bridgehead atoms. The predicted molar refractivity (Wildman–Crippen MR) is 411 cm³/mol. The second kappa shape index (κ2) is 39.0. The molecule has 5 aliphatic rings. The van der Waals surface area contributed by atoms with E-state index in [0.29, 0.717) is 22.3 Å². The van der Waals surface area contributed by atoms with Gasteiger partial charge in [-0.3, -0.25) is 9.53 Å². The van der Waals surface area contributed by atoms with Crippen molar-refractivity contribution in [3.8, 4) is 11.1 Å². The number of esters is 2. The summed E-state index contributed by atoms with van der Waals surface area (Å²) in [6.07, 6.45) is -21.9. The monoisotopic (exact) mass is 1580 g/mol. The Bertz CT molecular complexity index is 4500. The van der Waals surface area contributed by atoms with Gasteiger partial charge in [-0.05, 0) is 68.1 Å². The average Bonchev–Trinajstić information content (AvgIpc) is 1.22. The minimum absolute atomic E-state index is 0.0255. The van der Waals surface area contributed by atoms with Crippen LogP contribution in [0.5, 0.6) is 0 Å².